The Balaban J connectivity index is 1.90. The molecule has 0 spiro atoms. The van der Waals surface area contributed by atoms with Gasteiger partial charge in [0.25, 0.3) is 11.8 Å². The predicted octanol–water partition coefficient (Wildman–Crippen LogP) is 6.50. The number of benzene rings is 2. The molecule has 10 heteroatoms. The van der Waals surface area contributed by atoms with Crippen molar-refractivity contribution in [2.75, 3.05) is 5.32 Å². The third-order valence-electron chi connectivity index (χ3n) is 5.29. The number of anilines is 1. The number of carbonyl (C=O) groups excluding carboxylic acids is 2. The number of halogens is 3. The van der Waals surface area contributed by atoms with E-state index in [4.69, 9.17) is 23.2 Å². The molecule has 0 saturated carbocycles. The number of fused-ring (bicyclic) bond motifs is 1. The van der Waals surface area contributed by atoms with Crippen LogP contribution >= 0.6 is 39.1 Å². The molecule has 0 aliphatic heterocycles. The summed E-state index contributed by atoms with van der Waals surface area (Å²) in [5, 5.41) is 11.8. The zero-order valence-electron chi connectivity index (χ0n) is 19.4. The topological polar surface area (TPSA) is 88.9 Å². The summed E-state index contributed by atoms with van der Waals surface area (Å²) in [5.74, 6) is -0.485. The normalized spacial score (nSPS) is 11.2. The maximum Gasteiger partial charge on any atom is 0.275 e. The summed E-state index contributed by atoms with van der Waals surface area (Å²) in [6.45, 7) is 7.42. The zero-order valence-corrected chi connectivity index (χ0v) is 22.5. The summed E-state index contributed by atoms with van der Waals surface area (Å²) in [6, 6.07) is 10.2. The Morgan fingerprint density at radius 2 is 1.80 bits per heavy atom. The minimum Gasteiger partial charge on any atom is -0.350 e. The first-order chi connectivity index (χ1) is 16.6. The van der Waals surface area contributed by atoms with Crippen molar-refractivity contribution in [1.82, 2.24) is 20.1 Å². The molecule has 0 aliphatic rings. The fourth-order valence-corrected chi connectivity index (χ4v) is 4.87. The van der Waals surface area contributed by atoms with E-state index in [1.165, 1.54) is 4.68 Å². The minimum atomic E-state index is -0.486. The summed E-state index contributed by atoms with van der Waals surface area (Å²) < 4.78 is 2.13. The van der Waals surface area contributed by atoms with Gasteiger partial charge in [-0.15, -0.1) is 0 Å². The molecule has 0 unspecified atom stereocenters. The Morgan fingerprint density at radius 3 is 2.49 bits per heavy atom. The van der Waals surface area contributed by atoms with Crippen LogP contribution < -0.4 is 10.6 Å². The number of nitrogens with zero attached hydrogens (tertiary/aromatic N) is 3. The highest BCUT2D eigenvalue weighted by Gasteiger charge is 2.25. The number of nitrogens with one attached hydrogen (secondary N) is 2. The van der Waals surface area contributed by atoms with E-state index in [0.29, 0.717) is 43.6 Å². The first-order valence-corrected chi connectivity index (χ1v) is 12.3. The number of amides is 2. The highest BCUT2D eigenvalue weighted by atomic mass is 79.9. The van der Waals surface area contributed by atoms with Gasteiger partial charge in [-0.25, -0.2) is 9.67 Å². The second-order valence-corrected chi connectivity index (χ2v) is 10.2. The molecule has 0 fully saturated rings. The lowest BCUT2D eigenvalue weighted by atomic mass is 10.1. The molecule has 180 valence electrons. The van der Waals surface area contributed by atoms with Crippen molar-refractivity contribution >= 4 is 67.5 Å². The number of hydrogen-bond acceptors (Lipinski definition) is 4. The van der Waals surface area contributed by atoms with Gasteiger partial charge in [0.2, 0.25) is 0 Å². The average molecular weight is 575 g/mol. The van der Waals surface area contributed by atoms with E-state index in [1.54, 1.807) is 36.5 Å². The van der Waals surface area contributed by atoms with Gasteiger partial charge in [-0.3, -0.25) is 9.59 Å². The smallest absolute Gasteiger partial charge is 0.275 e. The van der Waals surface area contributed by atoms with Crippen LogP contribution in [-0.4, -0.2) is 32.6 Å². The quantitative estimate of drug-likeness (QED) is 0.285. The monoisotopic (exact) mass is 573 g/mol. The SMILES string of the molecule is Cc1cc(Br)cc(C(=O)NC(C)C)c1NC(=O)c1c2cc(Cl)cc(C)c2nn1-c1ncccc1Cl. The van der Waals surface area contributed by atoms with Gasteiger partial charge in [0, 0.05) is 27.1 Å². The Bertz CT molecular complexity index is 1480. The summed E-state index contributed by atoms with van der Waals surface area (Å²) in [4.78, 5) is 31.1. The molecule has 0 saturated heterocycles. The minimum absolute atomic E-state index is 0.0767. The number of rotatable bonds is 5. The highest BCUT2D eigenvalue weighted by molar-refractivity contribution is 9.10. The highest BCUT2D eigenvalue weighted by Crippen LogP contribution is 2.32. The van der Waals surface area contributed by atoms with Crippen LogP contribution in [0.25, 0.3) is 16.7 Å². The van der Waals surface area contributed by atoms with Crippen molar-refractivity contribution < 1.29 is 9.59 Å². The Morgan fingerprint density at radius 1 is 1.06 bits per heavy atom. The number of aryl methyl sites for hydroxylation is 2. The molecular weight excluding hydrogens is 553 g/mol. The molecule has 0 radical (unpaired) electrons. The van der Waals surface area contributed by atoms with Crippen LogP contribution in [0, 0.1) is 13.8 Å². The standard InChI is InChI=1S/C25H22BrCl2N5O2/c1-12(2)30-24(34)18-10-15(26)8-13(3)20(18)31-25(35)22-17-11-16(27)9-14(4)21(17)32-33(22)23-19(28)6-5-7-29-23/h5-12H,1-4H3,(H,30,34)(H,31,35). The maximum atomic E-state index is 13.8. The van der Waals surface area contributed by atoms with Crippen LogP contribution in [0.1, 0.15) is 45.8 Å². The summed E-state index contributed by atoms with van der Waals surface area (Å²) in [5.41, 5.74) is 3.02. The van der Waals surface area contributed by atoms with Crippen LogP contribution in [-0.2, 0) is 0 Å². The second-order valence-electron chi connectivity index (χ2n) is 8.42. The molecule has 4 rings (SSSR count). The fourth-order valence-electron chi connectivity index (χ4n) is 3.82. The maximum absolute atomic E-state index is 13.8. The second kappa shape index (κ2) is 9.97. The molecule has 4 aromatic rings. The van der Waals surface area contributed by atoms with E-state index >= 15 is 0 Å². The van der Waals surface area contributed by atoms with Crippen LogP contribution in [0.15, 0.2) is 47.1 Å². The fraction of sp³-hybridized carbons (Fsp3) is 0.200. The van der Waals surface area contributed by atoms with Crippen LogP contribution in [0.5, 0.6) is 0 Å². The van der Waals surface area contributed by atoms with Gasteiger partial charge in [-0.1, -0.05) is 39.1 Å². The largest absolute Gasteiger partial charge is 0.350 e. The molecule has 2 aromatic carbocycles. The zero-order chi connectivity index (χ0) is 25.4. The average Bonchev–Trinajstić information content (AvgIpc) is 3.14. The predicted molar refractivity (Wildman–Crippen MR) is 143 cm³/mol. The van der Waals surface area contributed by atoms with Crippen molar-refractivity contribution in [1.29, 1.82) is 0 Å². The lowest BCUT2D eigenvalue weighted by Crippen LogP contribution is -2.31. The lowest BCUT2D eigenvalue weighted by molar-refractivity contribution is 0.0944. The van der Waals surface area contributed by atoms with E-state index in [9.17, 15) is 9.59 Å². The van der Waals surface area contributed by atoms with Crippen LogP contribution in [0.2, 0.25) is 10.0 Å². The van der Waals surface area contributed by atoms with Crippen molar-refractivity contribution in [2.45, 2.75) is 33.7 Å². The summed E-state index contributed by atoms with van der Waals surface area (Å²) in [6.07, 6.45) is 1.57. The van der Waals surface area contributed by atoms with Crippen molar-refractivity contribution in [3.05, 3.63) is 79.5 Å². The number of pyridine rings is 1. The van der Waals surface area contributed by atoms with Gasteiger partial charge in [-0.05, 0) is 75.2 Å². The third-order valence-corrected chi connectivity index (χ3v) is 6.26. The van der Waals surface area contributed by atoms with E-state index < -0.39 is 5.91 Å². The molecule has 0 aliphatic carbocycles. The molecule has 2 heterocycles. The van der Waals surface area contributed by atoms with E-state index in [0.717, 1.165) is 10.0 Å². The van der Waals surface area contributed by atoms with Crippen molar-refractivity contribution in [3.8, 4) is 5.82 Å². The summed E-state index contributed by atoms with van der Waals surface area (Å²) >= 11 is 16.2. The molecule has 2 amide bonds. The molecule has 2 aromatic heterocycles. The molecule has 35 heavy (non-hydrogen) atoms. The lowest BCUT2D eigenvalue weighted by Gasteiger charge is -2.17. The third kappa shape index (κ3) is 5.05. The van der Waals surface area contributed by atoms with Gasteiger partial charge in [0.15, 0.2) is 5.82 Å². The molecular formula is C25H22BrCl2N5O2. The van der Waals surface area contributed by atoms with Crippen LogP contribution in [0.3, 0.4) is 0 Å². The van der Waals surface area contributed by atoms with Gasteiger partial charge >= 0.3 is 0 Å². The first kappa shape index (κ1) is 25.2. The molecule has 7 nitrogen and oxygen atoms in total. The van der Waals surface area contributed by atoms with Gasteiger partial charge in [-0.2, -0.15) is 5.10 Å². The van der Waals surface area contributed by atoms with E-state index in [1.807, 2.05) is 33.8 Å². The molecule has 0 bridgehead atoms. The number of aromatic nitrogens is 3. The Hall–Kier alpha value is -2.94. The Kier molecular flexibility index (Phi) is 7.17. The summed E-state index contributed by atoms with van der Waals surface area (Å²) in [7, 11) is 0. The van der Waals surface area contributed by atoms with Crippen molar-refractivity contribution in [3.63, 3.8) is 0 Å². The van der Waals surface area contributed by atoms with E-state index in [-0.39, 0.29) is 17.6 Å². The van der Waals surface area contributed by atoms with Gasteiger partial charge in [0.05, 0.1) is 21.8 Å². The van der Waals surface area contributed by atoms with Gasteiger partial charge < -0.3 is 10.6 Å². The van der Waals surface area contributed by atoms with Crippen molar-refractivity contribution in [2.24, 2.45) is 0 Å². The number of hydrogen-bond donors (Lipinski definition) is 2. The van der Waals surface area contributed by atoms with Gasteiger partial charge in [0.1, 0.15) is 5.69 Å². The van der Waals surface area contributed by atoms with Crippen LogP contribution in [0.4, 0.5) is 5.69 Å². The van der Waals surface area contributed by atoms with E-state index in [2.05, 4.69) is 36.6 Å². The Labute approximate surface area is 221 Å². The molecule has 0 atom stereocenters. The number of carbonyl (C=O) groups is 2. The molecule has 2 N–H and O–H groups in total. The first-order valence-electron chi connectivity index (χ1n) is 10.8.